The van der Waals surface area contributed by atoms with Crippen LogP contribution in [0, 0.1) is 6.57 Å². The minimum atomic E-state index is -0.785. The molecular weight excluding hydrogens is 793 g/mol. The summed E-state index contributed by atoms with van der Waals surface area (Å²) >= 11 is 0. The van der Waals surface area contributed by atoms with Crippen molar-refractivity contribution >= 4 is 27.5 Å². The van der Waals surface area contributed by atoms with Gasteiger partial charge in [-0.3, -0.25) is 0 Å². The lowest BCUT2D eigenvalue weighted by molar-refractivity contribution is 0.435. The quantitative estimate of drug-likeness (QED) is 0.150. The molecule has 0 spiro atoms. The Bertz CT molecular complexity index is 3520. The molecule has 0 unspecified atom stereocenters. The van der Waals surface area contributed by atoms with E-state index < -0.39 is 5.41 Å². The van der Waals surface area contributed by atoms with E-state index in [2.05, 4.69) is 185 Å². The predicted molar refractivity (Wildman–Crippen MR) is 263 cm³/mol. The molecule has 1 aliphatic rings. The Morgan fingerprint density at radius 3 is 1.51 bits per heavy atom. The summed E-state index contributed by atoms with van der Waals surface area (Å²) in [6.45, 7) is 7.85. The van der Waals surface area contributed by atoms with Crippen LogP contribution >= 0.6 is 0 Å². The molecule has 5 heteroatoms. The Morgan fingerprint density at radius 2 is 0.892 bits per heavy atom. The Hall–Kier alpha value is -8.85. The lowest BCUT2D eigenvalue weighted by atomic mass is 9.63. The van der Waals surface area contributed by atoms with Gasteiger partial charge in [0.15, 0.2) is 11.5 Å². The van der Waals surface area contributed by atoms with E-state index in [-0.39, 0.29) is 0 Å². The summed E-state index contributed by atoms with van der Waals surface area (Å²) in [4.78, 5) is 14.1. The van der Waals surface area contributed by atoms with Crippen LogP contribution in [0.15, 0.2) is 231 Å². The van der Waals surface area contributed by atoms with E-state index in [1.54, 1.807) is 0 Å². The largest absolute Gasteiger partial charge is 0.457 e. The van der Waals surface area contributed by atoms with Crippen LogP contribution in [0.25, 0.3) is 77.4 Å². The second-order valence-electron chi connectivity index (χ2n) is 16.4. The van der Waals surface area contributed by atoms with Gasteiger partial charge < -0.3 is 9.30 Å². The molecule has 65 heavy (non-hydrogen) atoms. The third-order valence-electron chi connectivity index (χ3n) is 12.7. The molecule has 0 saturated heterocycles. The van der Waals surface area contributed by atoms with Gasteiger partial charge in [-0.25, -0.2) is 14.8 Å². The molecule has 0 aliphatic carbocycles. The Balaban J connectivity index is 1.09. The Morgan fingerprint density at radius 1 is 0.415 bits per heavy atom. The van der Waals surface area contributed by atoms with Gasteiger partial charge in [0, 0.05) is 38.9 Å². The monoisotopic (exact) mass is 830 g/mol. The van der Waals surface area contributed by atoms with Crippen molar-refractivity contribution in [1.82, 2.24) is 14.5 Å². The first-order valence-electron chi connectivity index (χ1n) is 21.8. The maximum absolute atomic E-state index is 7.85. The highest BCUT2D eigenvalue weighted by Gasteiger charge is 2.45. The molecule has 0 radical (unpaired) electrons. The summed E-state index contributed by atoms with van der Waals surface area (Å²) in [7, 11) is 0. The van der Waals surface area contributed by atoms with Crippen molar-refractivity contribution in [3.8, 4) is 62.2 Å². The number of rotatable bonds is 7. The lowest BCUT2D eigenvalue weighted by Crippen LogP contribution is -2.34. The van der Waals surface area contributed by atoms with Crippen molar-refractivity contribution in [1.29, 1.82) is 0 Å². The van der Waals surface area contributed by atoms with Crippen molar-refractivity contribution < 1.29 is 4.74 Å². The topological polar surface area (TPSA) is 44.3 Å². The van der Waals surface area contributed by atoms with E-state index in [1.165, 1.54) is 0 Å². The van der Waals surface area contributed by atoms with Gasteiger partial charge in [-0.1, -0.05) is 158 Å². The molecule has 2 aromatic heterocycles. The molecule has 5 nitrogen and oxygen atoms in total. The highest BCUT2D eigenvalue weighted by Crippen LogP contribution is 2.56. The number of hydrogen-bond donors (Lipinski definition) is 0. The number of benzene rings is 9. The fourth-order valence-electron chi connectivity index (χ4n) is 9.78. The molecular formula is C60H38N4O. The molecule has 0 amide bonds. The van der Waals surface area contributed by atoms with E-state index in [1.807, 2.05) is 54.6 Å². The summed E-state index contributed by atoms with van der Waals surface area (Å²) in [5.74, 6) is 2.25. The van der Waals surface area contributed by atoms with E-state index in [4.69, 9.17) is 21.3 Å². The summed E-state index contributed by atoms with van der Waals surface area (Å²) in [5, 5.41) is 2.13. The second kappa shape index (κ2) is 15.5. The molecule has 304 valence electrons. The zero-order chi connectivity index (χ0) is 43.3. The molecule has 12 rings (SSSR count). The van der Waals surface area contributed by atoms with Crippen LogP contribution in [-0.4, -0.2) is 14.5 Å². The van der Waals surface area contributed by atoms with Crippen LogP contribution in [0.2, 0.25) is 0 Å². The highest BCUT2D eigenvalue weighted by molar-refractivity contribution is 6.11. The highest BCUT2D eigenvalue weighted by atomic mass is 16.5. The van der Waals surface area contributed by atoms with Crippen LogP contribution in [0.1, 0.15) is 22.3 Å². The van der Waals surface area contributed by atoms with Gasteiger partial charge in [0.1, 0.15) is 11.5 Å². The molecule has 1 aliphatic heterocycles. The molecule has 0 atom stereocenters. The first-order chi connectivity index (χ1) is 32.2. The van der Waals surface area contributed by atoms with Crippen molar-refractivity contribution in [2.24, 2.45) is 0 Å². The first-order valence-corrected chi connectivity index (χ1v) is 21.8. The van der Waals surface area contributed by atoms with Gasteiger partial charge in [0.2, 0.25) is 0 Å². The number of nitrogens with zero attached hydrogens (tertiary/aromatic N) is 4. The van der Waals surface area contributed by atoms with Crippen LogP contribution < -0.4 is 4.74 Å². The fourth-order valence-corrected chi connectivity index (χ4v) is 9.78. The zero-order valence-electron chi connectivity index (χ0n) is 35.1. The summed E-state index contributed by atoms with van der Waals surface area (Å²) < 4.78 is 9.27. The molecule has 11 aromatic rings. The van der Waals surface area contributed by atoms with Crippen LogP contribution in [0.4, 0.5) is 5.69 Å². The molecule has 0 saturated carbocycles. The summed E-state index contributed by atoms with van der Waals surface area (Å²) in [6.07, 6.45) is 0. The SMILES string of the molecule is [C-]#[N+]c1ccc2c(c1)c1cc(-c3ccc4c(c3)C(c3ccccc3)(c3ccccc3)c3cc(-c5cc(-c6ccccc6)nc(-c6ccccc6)n5)ccc3O4)ccc1n2-c1ccccc1. The van der Waals surface area contributed by atoms with E-state index in [0.717, 1.165) is 100 Å². The standard InChI is InChI=1S/C60H38N4O/c1-61-47-30-32-56-50(38-47)49-35-42(27-31-55(49)64(56)48-25-15-6-16-26-48)43-28-33-57-51(36-43)60(45-21-11-4-12-22-45,46-23-13-5-14-24-46)52-37-44(29-34-58(52)65-57)54-39-53(40-17-7-2-8-18-40)62-59(63-54)41-19-9-3-10-20-41/h2-39H. The molecule has 3 heterocycles. The normalized spacial score (nSPS) is 12.5. The van der Waals surface area contributed by atoms with Crippen molar-refractivity contribution in [3.63, 3.8) is 0 Å². The molecule has 0 fully saturated rings. The summed E-state index contributed by atoms with van der Waals surface area (Å²) in [5.41, 5.74) is 14.1. The van der Waals surface area contributed by atoms with E-state index in [0.29, 0.717) is 11.5 Å². The smallest absolute Gasteiger partial charge is 0.188 e. The Kier molecular flexibility index (Phi) is 9.03. The van der Waals surface area contributed by atoms with E-state index in [9.17, 15) is 0 Å². The van der Waals surface area contributed by atoms with Gasteiger partial charge in [0.25, 0.3) is 0 Å². The molecule has 0 bridgehead atoms. The maximum Gasteiger partial charge on any atom is 0.188 e. The van der Waals surface area contributed by atoms with Crippen LogP contribution in [-0.2, 0) is 5.41 Å². The molecule has 9 aromatic carbocycles. The summed E-state index contributed by atoms with van der Waals surface area (Å²) in [6, 6.07) is 80.4. The fraction of sp³-hybridized carbons (Fsp3) is 0.0167. The first kappa shape index (κ1) is 37.9. The van der Waals surface area contributed by atoms with Gasteiger partial charge >= 0.3 is 0 Å². The van der Waals surface area contributed by atoms with Gasteiger partial charge in [0.05, 0.1) is 34.4 Å². The van der Waals surface area contributed by atoms with Gasteiger partial charge in [-0.05, 0) is 100 Å². The van der Waals surface area contributed by atoms with Crippen LogP contribution in [0.3, 0.4) is 0 Å². The minimum absolute atomic E-state index is 0.615. The number of fused-ring (bicyclic) bond motifs is 5. The minimum Gasteiger partial charge on any atom is -0.457 e. The van der Waals surface area contributed by atoms with E-state index >= 15 is 0 Å². The number of aromatic nitrogens is 3. The van der Waals surface area contributed by atoms with Crippen LogP contribution in [0.5, 0.6) is 11.5 Å². The average Bonchev–Trinajstić information content (AvgIpc) is 3.71. The third kappa shape index (κ3) is 6.31. The third-order valence-corrected chi connectivity index (χ3v) is 12.7. The Labute approximate surface area is 377 Å². The van der Waals surface area contributed by atoms with Gasteiger partial charge in [-0.15, -0.1) is 0 Å². The van der Waals surface area contributed by atoms with Crippen molar-refractivity contribution in [3.05, 3.63) is 264 Å². The maximum atomic E-state index is 7.85. The van der Waals surface area contributed by atoms with Crippen molar-refractivity contribution in [2.45, 2.75) is 5.41 Å². The average molecular weight is 831 g/mol. The number of ether oxygens (including phenoxy) is 1. The molecule has 0 N–H and O–H groups in total. The number of hydrogen-bond acceptors (Lipinski definition) is 3. The second-order valence-corrected chi connectivity index (χ2v) is 16.4. The van der Waals surface area contributed by atoms with Crippen molar-refractivity contribution in [2.75, 3.05) is 0 Å². The predicted octanol–water partition coefficient (Wildman–Crippen LogP) is 15.3. The zero-order valence-corrected chi connectivity index (χ0v) is 35.1. The number of para-hydroxylation sites is 1. The van der Waals surface area contributed by atoms with Gasteiger partial charge in [-0.2, -0.15) is 0 Å². The lowest BCUT2D eigenvalue weighted by Gasteiger charge is -2.42.